The minimum atomic E-state index is -4.56. The first-order valence-electron chi connectivity index (χ1n) is 5.24. The van der Waals surface area contributed by atoms with Crippen LogP contribution in [0.25, 0.3) is 0 Å². The molecule has 0 aliphatic rings. The Morgan fingerprint density at radius 3 is 2.61 bits per heavy atom. The van der Waals surface area contributed by atoms with E-state index in [9.17, 15) is 18.0 Å². The number of carboxylic acid groups (broad SMARTS) is 1. The van der Waals surface area contributed by atoms with Crippen molar-refractivity contribution < 1.29 is 23.1 Å². The Morgan fingerprint density at radius 2 is 2.17 bits per heavy atom. The van der Waals surface area contributed by atoms with Gasteiger partial charge in [-0.05, 0) is 6.42 Å². The average molecular weight is 283 g/mol. The van der Waals surface area contributed by atoms with Gasteiger partial charge in [0.05, 0.1) is 0 Å². The summed E-state index contributed by atoms with van der Waals surface area (Å²) in [6, 6.07) is -0.945. The van der Waals surface area contributed by atoms with Gasteiger partial charge in [0.1, 0.15) is 6.04 Å². The molecule has 0 fully saturated rings. The first-order chi connectivity index (χ1) is 8.34. The van der Waals surface area contributed by atoms with Gasteiger partial charge in [-0.15, -0.1) is 10.2 Å². The largest absolute Gasteiger partial charge is 0.480 e. The zero-order chi connectivity index (χ0) is 13.8. The molecule has 1 atom stereocenters. The van der Waals surface area contributed by atoms with Crippen LogP contribution in [0, 0.1) is 0 Å². The van der Waals surface area contributed by atoms with Crippen LogP contribution in [-0.4, -0.2) is 27.3 Å². The second-order valence-electron chi connectivity index (χ2n) is 3.59. The second-order valence-corrected chi connectivity index (χ2v) is 4.57. The second kappa shape index (κ2) is 5.98. The standard InChI is InChI=1S/C9H12F3N3O2S/c1-2-3-4-5(6(16)17)13-8-15-14-7(18-8)9(10,11)12/h5H,2-4H2,1H3,(H,13,15)(H,16,17). The van der Waals surface area contributed by atoms with Crippen molar-refractivity contribution in [3.8, 4) is 0 Å². The Labute approximate surface area is 105 Å². The molecule has 0 radical (unpaired) electrons. The van der Waals surface area contributed by atoms with Gasteiger partial charge in [0.25, 0.3) is 0 Å². The molecule has 5 nitrogen and oxygen atoms in total. The molecule has 1 heterocycles. The highest BCUT2D eigenvalue weighted by Crippen LogP contribution is 2.33. The number of carboxylic acids is 1. The number of alkyl halides is 3. The van der Waals surface area contributed by atoms with E-state index in [0.29, 0.717) is 24.2 Å². The lowest BCUT2D eigenvalue weighted by molar-refractivity contribution is -0.139. The zero-order valence-corrected chi connectivity index (χ0v) is 10.3. The predicted molar refractivity (Wildman–Crippen MR) is 59.5 cm³/mol. The number of hydrogen-bond donors (Lipinski definition) is 2. The Morgan fingerprint density at radius 1 is 1.50 bits per heavy atom. The molecule has 18 heavy (non-hydrogen) atoms. The van der Waals surface area contributed by atoms with Gasteiger partial charge < -0.3 is 10.4 Å². The number of aliphatic carboxylic acids is 1. The monoisotopic (exact) mass is 283 g/mol. The molecule has 1 aromatic rings. The number of nitrogens with zero attached hydrogens (tertiary/aromatic N) is 2. The number of nitrogens with one attached hydrogen (secondary N) is 1. The maximum atomic E-state index is 12.3. The van der Waals surface area contributed by atoms with Crippen molar-refractivity contribution in [1.82, 2.24) is 10.2 Å². The van der Waals surface area contributed by atoms with Crippen molar-refractivity contribution in [2.45, 2.75) is 38.4 Å². The summed E-state index contributed by atoms with van der Waals surface area (Å²) < 4.78 is 36.8. The lowest BCUT2D eigenvalue weighted by Crippen LogP contribution is -2.29. The Kier molecular flexibility index (Phi) is 4.88. The zero-order valence-electron chi connectivity index (χ0n) is 9.49. The molecule has 0 saturated carbocycles. The fourth-order valence-electron chi connectivity index (χ4n) is 1.21. The molecule has 1 rings (SSSR count). The van der Waals surface area contributed by atoms with Crippen molar-refractivity contribution in [2.24, 2.45) is 0 Å². The molecule has 0 saturated heterocycles. The molecule has 0 aliphatic carbocycles. The van der Waals surface area contributed by atoms with E-state index in [-0.39, 0.29) is 5.13 Å². The smallest absolute Gasteiger partial charge is 0.445 e. The summed E-state index contributed by atoms with van der Waals surface area (Å²) in [7, 11) is 0. The van der Waals surface area contributed by atoms with E-state index in [2.05, 4.69) is 15.5 Å². The third kappa shape index (κ3) is 4.13. The molecular weight excluding hydrogens is 271 g/mol. The van der Waals surface area contributed by atoms with Crippen LogP contribution in [0.5, 0.6) is 0 Å². The summed E-state index contributed by atoms with van der Waals surface area (Å²) in [6.07, 6.45) is -2.77. The maximum Gasteiger partial charge on any atom is 0.445 e. The van der Waals surface area contributed by atoms with Gasteiger partial charge in [-0.3, -0.25) is 0 Å². The van der Waals surface area contributed by atoms with Crippen LogP contribution in [0.15, 0.2) is 0 Å². The van der Waals surface area contributed by atoms with Crippen molar-refractivity contribution in [3.05, 3.63) is 5.01 Å². The average Bonchev–Trinajstić information content (AvgIpc) is 2.71. The van der Waals surface area contributed by atoms with Crippen LogP contribution in [0.3, 0.4) is 0 Å². The number of aromatic nitrogens is 2. The number of carbonyl (C=O) groups is 1. The third-order valence-corrected chi connectivity index (χ3v) is 3.01. The number of unbranched alkanes of at least 4 members (excludes halogenated alkanes) is 1. The number of rotatable bonds is 6. The number of anilines is 1. The van der Waals surface area contributed by atoms with Gasteiger partial charge in [0.15, 0.2) is 0 Å². The molecule has 9 heteroatoms. The van der Waals surface area contributed by atoms with Gasteiger partial charge in [0.2, 0.25) is 10.1 Å². The molecule has 0 amide bonds. The summed E-state index contributed by atoms with van der Waals surface area (Å²) >= 11 is 0.297. The van der Waals surface area contributed by atoms with Crippen LogP contribution in [0.2, 0.25) is 0 Å². The quantitative estimate of drug-likeness (QED) is 0.839. The number of hydrogen-bond acceptors (Lipinski definition) is 5. The van der Waals surface area contributed by atoms with E-state index in [1.165, 1.54) is 0 Å². The summed E-state index contributed by atoms with van der Waals surface area (Å²) in [5, 5.41) is 16.4. The summed E-state index contributed by atoms with van der Waals surface area (Å²) in [5.41, 5.74) is 0. The van der Waals surface area contributed by atoms with E-state index in [4.69, 9.17) is 5.11 Å². The highest BCUT2D eigenvalue weighted by atomic mass is 32.1. The first kappa shape index (κ1) is 14.7. The summed E-state index contributed by atoms with van der Waals surface area (Å²) in [6.45, 7) is 1.89. The Bertz CT molecular complexity index is 408. The van der Waals surface area contributed by atoms with Gasteiger partial charge in [-0.25, -0.2) is 4.79 Å². The minimum Gasteiger partial charge on any atom is -0.480 e. The van der Waals surface area contributed by atoms with Crippen LogP contribution in [0.1, 0.15) is 31.2 Å². The van der Waals surface area contributed by atoms with Crippen LogP contribution >= 0.6 is 11.3 Å². The predicted octanol–water partition coefficient (Wildman–Crippen LogP) is 2.61. The van der Waals surface area contributed by atoms with Crippen LogP contribution < -0.4 is 5.32 Å². The SMILES string of the molecule is CCCCC(Nc1nnc(C(F)(F)F)s1)C(=O)O. The molecule has 2 N–H and O–H groups in total. The fourth-order valence-corrected chi connectivity index (χ4v) is 1.87. The lowest BCUT2D eigenvalue weighted by Gasteiger charge is -2.12. The lowest BCUT2D eigenvalue weighted by atomic mass is 10.1. The number of halogens is 3. The van der Waals surface area contributed by atoms with Crippen LogP contribution in [0.4, 0.5) is 18.3 Å². The molecule has 1 aromatic heterocycles. The maximum absolute atomic E-state index is 12.3. The van der Waals surface area contributed by atoms with Crippen molar-refractivity contribution in [1.29, 1.82) is 0 Å². The molecular formula is C9H12F3N3O2S. The van der Waals surface area contributed by atoms with Crippen molar-refractivity contribution in [3.63, 3.8) is 0 Å². The topological polar surface area (TPSA) is 75.1 Å². The van der Waals surface area contributed by atoms with Gasteiger partial charge in [-0.2, -0.15) is 13.2 Å². The molecule has 102 valence electrons. The fraction of sp³-hybridized carbons (Fsp3) is 0.667. The van der Waals surface area contributed by atoms with E-state index >= 15 is 0 Å². The summed E-state index contributed by atoms with van der Waals surface area (Å²) in [4.78, 5) is 10.9. The van der Waals surface area contributed by atoms with E-state index in [0.717, 1.165) is 6.42 Å². The molecule has 0 aliphatic heterocycles. The van der Waals surface area contributed by atoms with Crippen molar-refractivity contribution in [2.75, 3.05) is 5.32 Å². The van der Waals surface area contributed by atoms with Crippen LogP contribution in [-0.2, 0) is 11.0 Å². The van der Waals surface area contributed by atoms with Crippen molar-refractivity contribution >= 4 is 22.4 Å². The molecule has 0 spiro atoms. The third-order valence-electron chi connectivity index (χ3n) is 2.11. The van der Waals surface area contributed by atoms with Gasteiger partial charge in [-0.1, -0.05) is 31.1 Å². The van der Waals surface area contributed by atoms with E-state index in [1.54, 1.807) is 0 Å². The molecule has 0 bridgehead atoms. The van der Waals surface area contributed by atoms with Gasteiger partial charge in [0, 0.05) is 0 Å². The summed E-state index contributed by atoms with van der Waals surface area (Å²) in [5.74, 6) is -1.12. The van der Waals surface area contributed by atoms with E-state index < -0.39 is 23.2 Å². The highest BCUT2D eigenvalue weighted by Gasteiger charge is 2.36. The Hall–Kier alpha value is -1.38. The normalized spacial score (nSPS) is 13.3. The van der Waals surface area contributed by atoms with E-state index in [1.807, 2.05) is 6.92 Å². The van der Waals surface area contributed by atoms with Gasteiger partial charge >= 0.3 is 12.1 Å². The first-order valence-corrected chi connectivity index (χ1v) is 6.06. The molecule has 0 aromatic carbocycles. The Balaban J connectivity index is 2.69. The minimum absolute atomic E-state index is 0.133. The highest BCUT2D eigenvalue weighted by molar-refractivity contribution is 7.15. The molecule has 1 unspecified atom stereocenters.